The number of anilines is 2. The van der Waals surface area contributed by atoms with Crippen molar-refractivity contribution in [2.45, 2.75) is 29.1 Å². The lowest BCUT2D eigenvalue weighted by Gasteiger charge is -2.33. The molecule has 0 spiro atoms. The molecule has 14 heteroatoms. The predicted molar refractivity (Wildman–Crippen MR) is 155 cm³/mol. The Morgan fingerprint density at radius 1 is 1.02 bits per heavy atom. The molecule has 0 radical (unpaired) electrons. The number of nitriles is 1. The van der Waals surface area contributed by atoms with E-state index in [1.807, 2.05) is 18.2 Å². The monoisotopic (exact) mass is 611 g/mol. The molecule has 1 N–H and O–H groups in total. The maximum Gasteiger partial charge on any atom is 0.416 e. The molecule has 10 nitrogen and oxygen atoms in total. The van der Waals surface area contributed by atoms with Gasteiger partial charge in [-0.05, 0) is 53.6 Å². The Kier molecular flexibility index (Phi) is 7.78. The number of amides is 1. The average molecular weight is 612 g/mol. The maximum atomic E-state index is 13.7. The lowest BCUT2D eigenvalue weighted by atomic mass is 10.1. The van der Waals surface area contributed by atoms with E-state index in [1.54, 1.807) is 40.0 Å². The van der Waals surface area contributed by atoms with E-state index in [9.17, 15) is 18.0 Å². The Labute approximate surface area is 252 Å². The standard InChI is InChI=1S/C30H20F3N9OS/c31-30(32,33)22-6-8-27-26(12-22)42(18-23-17-41(40-38-23)16-20-3-1-19(13-34)2-4-20)25-7-5-21(11-28(25)44-27)14-37-39-29(43)24-15-35-9-10-36-24/h1-12,14-15,17H,16,18H2,(H,39,43)/b37-14+. The molecule has 0 fully saturated rings. The van der Waals surface area contributed by atoms with E-state index in [0.29, 0.717) is 39.6 Å². The number of nitrogens with zero attached hydrogens (tertiary/aromatic N) is 8. The highest BCUT2D eigenvalue weighted by Gasteiger charge is 2.33. The van der Waals surface area contributed by atoms with Gasteiger partial charge in [-0.2, -0.15) is 23.5 Å². The topological polar surface area (TPSA) is 125 Å². The molecule has 0 bridgehead atoms. The van der Waals surface area contributed by atoms with E-state index in [-0.39, 0.29) is 12.2 Å². The van der Waals surface area contributed by atoms with Crippen molar-refractivity contribution in [1.82, 2.24) is 30.4 Å². The molecular weight excluding hydrogens is 591 g/mol. The van der Waals surface area contributed by atoms with Crippen molar-refractivity contribution in [3.8, 4) is 6.07 Å². The molecule has 0 saturated heterocycles. The molecule has 1 amide bonds. The number of carbonyl (C=O) groups is 1. The van der Waals surface area contributed by atoms with Crippen LogP contribution in [0.15, 0.2) is 100 Å². The van der Waals surface area contributed by atoms with Gasteiger partial charge in [0.1, 0.15) is 11.4 Å². The van der Waals surface area contributed by atoms with Gasteiger partial charge in [-0.1, -0.05) is 35.2 Å². The van der Waals surface area contributed by atoms with Gasteiger partial charge < -0.3 is 4.90 Å². The quantitative estimate of drug-likeness (QED) is 0.187. The van der Waals surface area contributed by atoms with Gasteiger partial charge in [-0.3, -0.25) is 9.78 Å². The van der Waals surface area contributed by atoms with Crippen LogP contribution in [0.25, 0.3) is 0 Å². The number of carbonyl (C=O) groups excluding carboxylic acids is 1. The summed E-state index contributed by atoms with van der Waals surface area (Å²) >= 11 is 1.34. The van der Waals surface area contributed by atoms with Crippen LogP contribution in [0, 0.1) is 11.3 Å². The van der Waals surface area contributed by atoms with Crippen LogP contribution < -0.4 is 10.3 Å². The molecule has 218 valence electrons. The number of nitrogens with one attached hydrogen (secondary N) is 1. The van der Waals surface area contributed by atoms with Crippen molar-refractivity contribution in [3.63, 3.8) is 0 Å². The first-order valence-electron chi connectivity index (χ1n) is 13.0. The molecule has 5 aromatic rings. The second-order valence-electron chi connectivity index (χ2n) is 9.60. The summed E-state index contributed by atoms with van der Waals surface area (Å²) in [6, 6.07) is 18.2. The smallest absolute Gasteiger partial charge is 0.333 e. The summed E-state index contributed by atoms with van der Waals surface area (Å²) in [6.45, 7) is 0.576. The molecule has 6 rings (SSSR count). The Morgan fingerprint density at radius 2 is 1.86 bits per heavy atom. The average Bonchev–Trinajstić information content (AvgIpc) is 3.47. The van der Waals surface area contributed by atoms with E-state index in [1.165, 1.54) is 42.6 Å². The first-order chi connectivity index (χ1) is 21.3. The number of benzene rings is 3. The van der Waals surface area contributed by atoms with Crippen molar-refractivity contribution in [1.29, 1.82) is 5.26 Å². The van der Waals surface area contributed by atoms with Crippen molar-refractivity contribution >= 4 is 35.3 Å². The van der Waals surface area contributed by atoms with Crippen LogP contribution >= 0.6 is 11.8 Å². The zero-order chi connectivity index (χ0) is 30.7. The third kappa shape index (κ3) is 6.27. The maximum absolute atomic E-state index is 13.7. The molecular formula is C30H20F3N9OS. The van der Waals surface area contributed by atoms with E-state index in [0.717, 1.165) is 22.6 Å². The highest BCUT2D eigenvalue weighted by molar-refractivity contribution is 7.99. The number of aromatic nitrogens is 5. The second kappa shape index (κ2) is 12.0. The Hall–Kier alpha value is -5.55. The first kappa shape index (κ1) is 28.6. The van der Waals surface area contributed by atoms with E-state index < -0.39 is 17.6 Å². The predicted octanol–water partition coefficient (Wildman–Crippen LogP) is 5.57. The third-order valence-electron chi connectivity index (χ3n) is 6.58. The van der Waals surface area contributed by atoms with Crippen molar-refractivity contribution < 1.29 is 18.0 Å². The minimum atomic E-state index is -4.51. The van der Waals surface area contributed by atoms with E-state index in [2.05, 4.69) is 36.9 Å². The summed E-state index contributed by atoms with van der Waals surface area (Å²) in [4.78, 5) is 23.2. The summed E-state index contributed by atoms with van der Waals surface area (Å²) in [6.07, 6.45) is 2.88. The minimum Gasteiger partial charge on any atom is -0.333 e. The van der Waals surface area contributed by atoms with Gasteiger partial charge >= 0.3 is 6.18 Å². The molecule has 1 aliphatic rings. The van der Waals surface area contributed by atoms with E-state index in [4.69, 9.17) is 5.26 Å². The van der Waals surface area contributed by atoms with Gasteiger partial charge in [0.25, 0.3) is 5.91 Å². The second-order valence-corrected chi connectivity index (χ2v) is 10.7. The summed E-state index contributed by atoms with van der Waals surface area (Å²) in [5.74, 6) is -0.519. The van der Waals surface area contributed by atoms with Gasteiger partial charge in [0.15, 0.2) is 0 Å². The van der Waals surface area contributed by atoms with Crippen LogP contribution in [0.2, 0.25) is 0 Å². The largest absolute Gasteiger partial charge is 0.416 e. The molecule has 1 aliphatic heterocycles. The SMILES string of the molecule is N#Cc1ccc(Cn2cc(CN3c4ccc(/C=N/NC(=O)c5cnccn5)cc4Sc4ccc(C(F)(F)F)cc43)nn2)cc1. The summed E-state index contributed by atoms with van der Waals surface area (Å²) < 4.78 is 42.7. The van der Waals surface area contributed by atoms with Crippen molar-refractivity contribution in [2.75, 3.05) is 4.90 Å². The summed E-state index contributed by atoms with van der Waals surface area (Å²) in [5, 5.41) is 21.5. The van der Waals surface area contributed by atoms with Gasteiger partial charge in [0.2, 0.25) is 0 Å². The van der Waals surface area contributed by atoms with Gasteiger partial charge in [-0.15, -0.1) is 5.10 Å². The number of alkyl halides is 3. The Morgan fingerprint density at radius 3 is 2.61 bits per heavy atom. The number of rotatable bonds is 7. The summed E-state index contributed by atoms with van der Waals surface area (Å²) in [7, 11) is 0. The molecule has 0 aliphatic carbocycles. The molecule has 0 saturated carbocycles. The fourth-order valence-electron chi connectivity index (χ4n) is 4.49. The molecule has 2 aromatic heterocycles. The van der Waals surface area contributed by atoms with Crippen LogP contribution in [0.3, 0.4) is 0 Å². The fraction of sp³-hybridized carbons (Fsp3) is 0.100. The minimum absolute atomic E-state index is 0.116. The lowest BCUT2D eigenvalue weighted by molar-refractivity contribution is -0.137. The number of fused-ring (bicyclic) bond motifs is 2. The Bertz CT molecular complexity index is 1900. The van der Waals surface area contributed by atoms with Crippen LogP contribution in [0.1, 0.15) is 38.4 Å². The molecule has 44 heavy (non-hydrogen) atoms. The van der Waals surface area contributed by atoms with Crippen LogP contribution in [-0.4, -0.2) is 37.1 Å². The normalized spacial score (nSPS) is 12.5. The first-order valence-corrected chi connectivity index (χ1v) is 13.9. The van der Waals surface area contributed by atoms with Gasteiger partial charge in [-0.25, -0.2) is 15.1 Å². The number of hydrogen-bond donors (Lipinski definition) is 1. The highest BCUT2D eigenvalue weighted by atomic mass is 32.2. The zero-order valence-electron chi connectivity index (χ0n) is 22.6. The highest BCUT2D eigenvalue weighted by Crippen LogP contribution is 2.50. The molecule has 3 aromatic carbocycles. The molecule has 3 heterocycles. The summed E-state index contributed by atoms with van der Waals surface area (Å²) in [5.41, 5.74) is 5.54. The van der Waals surface area contributed by atoms with Crippen molar-refractivity contribution in [2.24, 2.45) is 5.10 Å². The Balaban J connectivity index is 1.27. The zero-order valence-corrected chi connectivity index (χ0v) is 23.4. The number of hydrogen-bond acceptors (Lipinski definition) is 9. The van der Waals surface area contributed by atoms with Crippen LogP contribution in [0.5, 0.6) is 0 Å². The number of hydrazone groups is 1. The van der Waals surface area contributed by atoms with Gasteiger partial charge in [0.05, 0.1) is 60.3 Å². The number of halogens is 3. The van der Waals surface area contributed by atoms with Crippen LogP contribution in [-0.2, 0) is 19.3 Å². The third-order valence-corrected chi connectivity index (χ3v) is 7.69. The van der Waals surface area contributed by atoms with E-state index >= 15 is 0 Å². The van der Waals surface area contributed by atoms with Crippen LogP contribution in [0.4, 0.5) is 24.5 Å². The lowest BCUT2D eigenvalue weighted by Crippen LogP contribution is -2.21. The van der Waals surface area contributed by atoms with Crippen molar-refractivity contribution in [3.05, 3.63) is 119 Å². The molecule has 0 unspecified atom stereocenters. The fourth-order valence-corrected chi connectivity index (χ4v) is 5.61. The molecule has 0 atom stereocenters. The van der Waals surface area contributed by atoms with Gasteiger partial charge in [0, 0.05) is 22.2 Å².